The van der Waals surface area contributed by atoms with E-state index in [-0.39, 0.29) is 42.0 Å². The number of hydrogen-bond donors (Lipinski definition) is 2. The van der Waals surface area contributed by atoms with Crippen LogP contribution in [0, 0.1) is 5.92 Å². The van der Waals surface area contributed by atoms with Gasteiger partial charge >= 0.3 is 7.12 Å². The Balaban J connectivity index is 1.93. The fraction of sp³-hybridized carbons (Fsp3) is 0.471. The average Bonchev–Trinajstić information content (AvgIpc) is 2.60. The molecule has 1 aliphatic heterocycles. The Hall–Kier alpha value is -1.77. The second-order valence-electron chi connectivity index (χ2n) is 6.59. The molecule has 0 bridgehead atoms. The number of nitrogens with one attached hydrogen (secondary N) is 2. The lowest BCUT2D eigenvalue weighted by Gasteiger charge is -2.28. The third-order valence-corrected chi connectivity index (χ3v) is 4.38. The lowest BCUT2D eigenvalue weighted by Crippen LogP contribution is -2.54. The molecule has 2 amide bonds. The van der Waals surface area contributed by atoms with Crippen LogP contribution >= 0.6 is 23.2 Å². The Morgan fingerprint density at radius 3 is 2.70 bits per heavy atom. The maximum absolute atomic E-state index is 12.3. The fourth-order valence-electron chi connectivity index (χ4n) is 2.61. The molecule has 1 aliphatic rings. The normalized spacial score (nSPS) is 15.3. The predicted octanol–water partition coefficient (Wildman–Crippen LogP) is 2.24. The minimum atomic E-state index is -0.837. The van der Waals surface area contributed by atoms with Crippen LogP contribution < -0.4 is 10.6 Å². The summed E-state index contributed by atoms with van der Waals surface area (Å²) < 4.78 is 10.6. The minimum Gasteiger partial charge on any atom is -0.508 e. The number of rotatable bonds is 7. The standard InChI is InChI=1S/C17H21BCl2N2O5/c1-10(2)7-14(18-26-6-5-16(24)27-18)22-15(23)9-21-17(25)12-8-11(19)3-4-13(12)20/h3-4,8,10,14H,5-7,9H2,1-2H3,(H,21,25)(H,22,23). The highest BCUT2D eigenvalue weighted by Gasteiger charge is 2.38. The van der Waals surface area contributed by atoms with Gasteiger partial charge < -0.3 is 19.9 Å². The lowest BCUT2D eigenvalue weighted by molar-refractivity contribution is -0.140. The van der Waals surface area contributed by atoms with Crippen LogP contribution in [0.2, 0.25) is 10.0 Å². The molecule has 0 spiro atoms. The number of carbonyl (C=O) groups is 3. The number of amides is 2. The molecule has 27 heavy (non-hydrogen) atoms. The monoisotopic (exact) mass is 414 g/mol. The van der Waals surface area contributed by atoms with E-state index in [0.717, 1.165) is 0 Å². The number of hydrogen-bond acceptors (Lipinski definition) is 5. The van der Waals surface area contributed by atoms with E-state index >= 15 is 0 Å². The van der Waals surface area contributed by atoms with E-state index in [1.807, 2.05) is 13.8 Å². The van der Waals surface area contributed by atoms with E-state index < -0.39 is 24.9 Å². The Morgan fingerprint density at radius 1 is 1.30 bits per heavy atom. The molecule has 1 atom stereocenters. The molecule has 0 radical (unpaired) electrons. The van der Waals surface area contributed by atoms with Crippen LogP contribution in [0.1, 0.15) is 37.0 Å². The fourth-order valence-corrected chi connectivity index (χ4v) is 2.99. The summed E-state index contributed by atoms with van der Waals surface area (Å²) >= 11 is 11.8. The summed E-state index contributed by atoms with van der Waals surface area (Å²) in [4.78, 5) is 36.0. The molecule has 0 saturated carbocycles. The third kappa shape index (κ3) is 6.72. The largest absolute Gasteiger partial charge is 0.551 e. The van der Waals surface area contributed by atoms with Crippen molar-refractivity contribution in [3.8, 4) is 0 Å². The van der Waals surface area contributed by atoms with Crippen molar-refractivity contribution in [3.63, 3.8) is 0 Å². The van der Waals surface area contributed by atoms with Gasteiger partial charge in [0.05, 0.1) is 29.5 Å². The van der Waals surface area contributed by atoms with E-state index in [4.69, 9.17) is 32.5 Å². The third-order valence-electron chi connectivity index (χ3n) is 3.82. The Labute approximate surface area is 168 Å². The van der Waals surface area contributed by atoms with Crippen LogP contribution in [0.5, 0.6) is 0 Å². The number of carbonyl (C=O) groups excluding carboxylic acids is 3. The minimum absolute atomic E-state index is 0.181. The first-order valence-corrected chi connectivity index (χ1v) is 9.35. The lowest BCUT2D eigenvalue weighted by atomic mass is 9.73. The van der Waals surface area contributed by atoms with E-state index in [1.165, 1.54) is 12.1 Å². The summed E-state index contributed by atoms with van der Waals surface area (Å²) in [6, 6.07) is 4.50. The molecule has 10 heteroatoms. The zero-order valence-corrected chi connectivity index (χ0v) is 16.6. The van der Waals surface area contributed by atoms with Gasteiger partial charge in [-0.1, -0.05) is 37.0 Å². The molecule has 0 aromatic heterocycles. The van der Waals surface area contributed by atoms with E-state index in [1.54, 1.807) is 6.07 Å². The van der Waals surface area contributed by atoms with Crippen molar-refractivity contribution >= 4 is 48.1 Å². The SMILES string of the molecule is CC(C)CC(NC(=O)CNC(=O)c1cc(Cl)ccc1Cl)B1OCCC(=O)O1. The number of benzene rings is 1. The van der Waals surface area contributed by atoms with Crippen molar-refractivity contribution in [3.05, 3.63) is 33.8 Å². The van der Waals surface area contributed by atoms with Crippen molar-refractivity contribution in [2.24, 2.45) is 5.92 Å². The molecule has 1 fully saturated rings. The number of halogens is 2. The summed E-state index contributed by atoms with van der Waals surface area (Å²) in [6.45, 7) is 3.94. The Bertz CT molecular complexity index is 717. The first-order chi connectivity index (χ1) is 12.8. The summed E-state index contributed by atoms with van der Waals surface area (Å²) in [5.74, 6) is -1.58. The second kappa shape index (κ2) is 9.96. The molecule has 146 valence electrons. The van der Waals surface area contributed by atoms with Gasteiger partial charge in [-0.25, -0.2) is 0 Å². The van der Waals surface area contributed by atoms with Crippen molar-refractivity contribution in [1.29, 1.82) is 0 Å². The molecular weight excluding hydrogens is 394 g/mol. The first kappa shape index (κ1) is 21.5. The van der Waals surface area contributed by atoms with Gasteiger partial charge in [0, 0.05) is 11.6 Å². The first-order valence-electron chi connectivity index (χ1n) is 8.60. The summed E-state index contributed by atoms with van der Waals surface area (Å²) in [7, 11) is -0.837. The van der Waals surface area contributed by atoms with Crippen molar-refractivity contribution in [2.75, 3.05) is 13.2 Å². The van der Waals surface area contributed by atoms with Crippen LogP contribution in [0.4, 0.5) is 0 Å². The zero-order chi connectivity index (χ0) is 20.0. The maximum Gasteiger partial charge on any atom is 0.551 e. The van der Waals surface area contributed by atoms with Gasteiger partial charge in [0.2, 0.25) is 5.91 Å². The Kier molecular flexibility index (Phi) is 7.95. The van der Waals surface area contributed by atoms with Gasteiger partial charge in [-0.2, -0.15) is 0 Å². The quantitative estimate of drug-likeness (QED) is 0.667. The van der Waals surface area contributed by atoms with Crippen molar-refractivity contribution in [2.45, 2.75) is 32.6 Å². The van der Waals surface area contributed by atoms with E-state index in [9.17, 15) is 14.4 Å². The van der Waals surface area contributed by atoms with Gasteiger partial charge in [-0.05, 0) is 30.5 Å². The van der Waals surface area contributed by atoms with E-state index in [0.29, 0.717) is 11.4 Å². The van der Waals surface area contributed by atoms with Gasteiger partial charge in [-0.3, -0.25) is 14.4 Å². The summed E-state index contributed by atoms with van der Waals surface area (Å²) in [5, 5.41) is 5.85. The van der Waals surface area contributed by atoms with Crippen LogP contribution in [-0.2, 0) is 18.9 Å². The molecule has 2 rings (SSSR count). The molecule has 1 aromatic rings. The summed E-state index contributed by atoms with van der Waals surface area (Å²) in [6.07, 6.45) is 0.743. The van der Waals surface area contributed by atoms with Crippen LogP contribution in [0.3, 0.4) is 0 Å². The molecule has 2 N–H and O–H groups in total. The van der Waals surface area contributed by atoms with Crippen molar-refractivity contribution < 1.29 is 23.7 Å². The van der Waals surface area contributed by atoms with Crippen molar-refractivity contribution in [1.82, 2.24) is 10.6 Å². The van der Waals surface area contributed by atoms with E-state index in [2.05, 4.69) is 10.6 Å². The zero-order valence-electron chi connectivity index (χ0n) is 15.1. The highest BCUT2D eigenvalue weighted by molar-refractivity contribution is 6.49. The van der Waals surface area contributed by atoms with Crippen LogP contribution in [0.25, 0.3) is 0 Å². The molecule has 1 unspecified atom stereocenters. The Morgan fingerprint density at radius 2 is 2.04 bits per heavy atom. The molecule has 1 heterocycles. The van der Waals surface area contributed by atoms with Gasteiger partial charge in [0.1, 0.15) is 0 Å². The predicted molar refractivity (Wildman–Crippen MR) is 103 cm³/mol. The van der Waals surface area contributed by atoms with Gasteiger partial charge in [-0.15, -0.1) is 0 Å². The van der Waals surface area contributed by atoms with Crippen LogP contribution in [0.15, 0.2) is 18.2 Å². The molecule has 1 saturated heterocycles. The molecule has 1 aromatic carbocycles. The van der Waals surface area contributed by atoms with Crippen LogP contribution in [-0.4, -0.2) is 44.0 Å². The van der Waals surface area contributed by atoms with Gasteiger partial charge in [0.15, 0.2) is 0 Å². The highest BCUT2D eigenvalue weighted by atomic mass is 35.5. The maximum atomic E-state index is 12.3. The smallest absolute Gasteiger partial charge is 0.508 e. The molecular formula is C17H21BCl2N2O5. The second-order valence-corrected chi connectivity index (χ2v) is 7.43. The summed E-state index contributed by atoms with van der Waals surface area (Å²) in [5.41, 5.74) is 0.181. The topological polar surface area (TPSA) is 93.7 Å². The highest BCUT2D eigenvalue weighted by Crippen LogP contribution is 2.20. The molecule has 7 nitrogen and oxygen atoms in total. The molecule has 0 aliphatic carbocycles. The van der Waals surface area contributed by atoms with Gasteiger partial charge in [0.25, 0.3) is 11.9 Å². The average molecular weight is 415 g/mol.